The minimum absolute atomic E-state index is 0.0260. The van der Waals surface area contributed by atoms with E-state index in [9.17, 15) is 13.6 Å². The number of carbonyl (C=O) groups excluding carboxylic acids is 1. The number of carbonyl (C=O) groups is 1. The highest BCUT2D eigenvalue weighted by molar-refractivity contribution is 5.90. The van der Waals surface area contributed by atoms with E-state index in [2.05, 4.69) is 20.4 Å². The molecular weight excluding hydrogens is 304 g/mol. The molecule has 2 aromatic rings. The predicted octanol–water partition coefficient (Wildman–Crippen LogP) is 3.87. The molecule has 0 radical (unpaired) electrons. The van der Waals surface area contributed by atoms with Crippen LogP contribution in [-0.2, 0) is 0 Å². The van der Waals surface area contributed by atoms with Crippen LogP contribution < -0.4 is 15.4 Å². The van der Waals surface area contributed by atoms with Crippen LogP contribution in [0, 0.1) is 6.92 Å². The lowest BCUT2D eigenvalue weighted by atomic mass is 10.1. The van der Waals surface area contributed by atoms with Gasteiger partial charge in [0.25, 0.3) is 0 Å². The molecule has 122 valence electrons. The molecule has 1 heterocycles. The summed E-state index contributed by atoms with van der Waals surface area (Å²) in [6.07, 6.45) is 3.31. The molecule has 0 saturated carbocycles. The Balaban J connectivity index is 2.03. The Morgan fingerprint density at radius 2 is 2.04 bits per heavy atom. The van der Waals surface area contributed by atoms with Crippen molar-refractivity contribution >= 4 is 11.7 Å². The van der Waals surface area contributed by atoms with Crippen molar-refractivity contribution < 1.29 is 18.3 Å². The van der Waals surface area contributed by atoms with E-state index < -0.39 is 12.6 Å². The molecule has 1 atom stereocenters. The van der Waals surface area contributed by atoms with E-state index in [1.54, 1.807) is 31.5 Å². The van der Waals surface area contributed by atoms with E-state index in [1.165, 1.54) is 12.1 Å². The summed E-state index contributed by atoms with van der Waals surface area (Å²) in [5.74, 6) is 0.0260. The highest BCUT2D eigenvalue weighted by atomic mass is 19.3. The zero-order valence-electron chi connectivity index (χ0n) is 12.7. The van der Waals surface area contributed by atoms with Gasteiger partial charge in [-0.05, 0) is 37.6 Å². The van der Waals surface area contributed by atoms with Crippen molar-refractivity contribution in [1.82, 2.24) is 10.3 Å². The number of pyridine rings is 1. The molecule has 0 fully saturated rings. The van der Waals surface area contributed by atoms with Crippen molar-refractivity contribution in [1.29, 1.82) is 0 Å². The van der Waals surface area contributed by atoms with Gasteiger partial charge in [0.15, 0.2) is 0 Å². The van der Waals surface area contributed by atoms with Gasteiger partial charge in [-0.15, -0.1) is 0 Å². The number of hydrogen-bond acceptors (Lipinski definition) is 3. The normalized spacial score (nSPS) is 11.9. The standard InChI is InChI=1S/C16H17F2N3O2/c1-10-13(6-3-7-14(10)23-15(17)18)21-16(22)20-11(2)12-5-4-8-19-9-12/h3-9,11,15H,1-2H3,(H2,20,21,22)/t11-/m1/s1. The molecule has 0 aliphatic rings. The number of aromatic nitrogens is 1. The van der Waals surface area contributed by atoms with E-state index in [4.69, 9.17) is 0 Å². The van der Waals surface area contributed by atoms with Crippen molar-refractivity contribution in [2.75, 3.05) is 5.32 Å². The van der Waals surface area contributed by atoms with Gasteiger partial charge in [-0.3, -0.25) is 4.98 Å². The van der Waals surface area contributed by atoms with E-state index in [1.807, 2.05) is 13.0 Å². The highest BCUT2D eigenvalue weighted by Gasteiger charge is 2.13. The Labute approximate surface area is 132 Å². The second-order valence-electron chi connectivity index (χ2n) is 4.91. The number of ether oxygens (including phenoxy) is 1. The zero-order valence-corrected chi connectivity index (χ0v) is 12.7. The van der Waals surface area contributed by atoms with Gasteiger partial charge < -0.3 is 15.4 Å². The molecule has 2 N–H and O–H groups in total. The Bertz CT molecular complexity index is 666. The number of alkyl halides is 2. The summed E-state index contributed by atoms with van der Waals surface area (Å²) in [5.41, 5.74) is 1.69. The number of nitrogens with one attached hydrogen (secondary N) is 2. The number of urea groups is 1. The van der Waals surface area contributed by atoms with Crippen molar-refractivity contribution in [3.63, 3.8) is 0 Å². The Kier molecular flexibility index (Phi) is 5.46. The monoisotopic (exact) mass is 321 g/mol. The maximum absolute atomic E-state index is 12.3. The SMILES string of the molecule is Cc1c(NC(=O)N[C@H](C)c2cccnc2)cccc1OC(F)F. The van der Waals surface area contributed by atoms with E-state index in [0.29, 0.717) is 11.3 Å². The summed E-state index contributed by atoms with van der Waals surface area (Å²) in [7, 11) is 0. The van der Waals surface area contributed by atoms with Crippen molar-refractivity contribution in [2.45, 2.75) is 26.5 Å². The summed E-state index contributed by atoms with van der Waals surface area (Å²) in [6.45, 7) is 0.501. The van der Waals surface area contributed by atoms with Gasteiger partial charge in [0.05, 0.1) is 6.04 Å². The molecule has 1 aromatic heterocycles. The molecule has 0 saturated heterocycles. The van der Waals surface area contributed by atoms with Crippen molar-refractivity contribution in [3.8, 4) is 5.75 Å². The van der Waals surface area contributed by atoms with Crippen molar-refractivity contribution in [2.24, 2.45) is 0 Å². The van der Waals surface area contributed by atoms with Crippen LogP contribution in [0.2, 0.25) is 0 Å². The molecule has 0 aliphatic heterocycles. The quantitative estimate of drug-likeness (QED) is 0.878. The number of rotatable bonds is 5. The smallest absolute Gasteiger partial charge is 0.387 e. The third-order valence-corrected chi connectivity index (χ3v) is 3.28. The molecule has 0 unspecified atom stereocenters. The highest BCUT2D eigenvalue weighted by Crippen LogP contribution is 2.26. The van der Waals surface area contributed by atoms with Crippen molar-refractivity contribution in [3.05, 3.63) is 53.9 Å². The van der Waals surface area contributed by atoms with Crippen LogP contribution in [0.25, 0.3) is 0 Å². The van der Waals surface area contributed by atoms with Crippen LogP contribution in [0.5, 0.6) is 5.75 Å². The summed E-state index contributed by atoms with van der Waals surface area (Å²) in [5, 5.41) is 5.38. The molecule has 0 spiro atoms. The van der Waals surface area contributed by atoms with E-state index in [0.717, 1.165) is 5.56 Å². The Morgan fingerprint density at radius 1 is 1.26 bits per heavy atom. The number of halogens is 2. The fourth-order valence-electron chi connectivity index (χ4n) is 2.04. The first-order valence-corrected chi connectivity index (χ1v) is 6.99. The number of nitrogens with zero attached hydrogens (tertiary/aromatic N) is 1. The first kappa shape index (κ1) is 16.7. The first-order valence-electron chi connectivity index (χ1n) is 6.99. The van der Waals surface area contributed by atoms with Crippen LogP contribution in [-0.4, -0.2) is 17.6 Å². The topological polar surface area (TPSA) is 63.2 Å². The number of benzene rings is 1. The molecule has 0 bridgehead atoms. The maximum atomic E-state index is 12.3. The Hall–Kier alpha value is -2.70. The minimum atomic E-state index is -2.91. The van der Waals surface area contributed by atoms with Crippen LogP contribution >= 0.6 is 0 Å². The van der Waals surface area contributed by atoms with Gasteiger partial charge in [-0.2, -0.15) is 8.78 Å². The molecular formula is C16H17F2N3O2. The molecule has 1 aromatic carbocycles. The largest absolute Gasteiger partial charge is 0.434 e. The van der Waals surface area contributed by atoms with Gasteiger partial charge in [0, 0.05) is 23.6 Å². The predicted molar refractivity (Wildman–Crippen MR) is 82.6 cm³/mol. The van der Waals surface area contributed by atoms with Gasteiger partial charge in [-0.1, -0.05) is 12.1 Å². The average Bonchev–Trinajstić information content (AvgIpc) is 2.51. The maximum Gasteiger partial charge on any atom is 0.387 e. The second kappa shape index (κ2) is 7.53. The molecule has 5 nitrogen and oxygen atoms in total. The van der Waals surface area contributed by atoms with Gasteiger partial charge in [0.1, 0.15) is 5.75 Å². The molecule has 23 heavy (non-hydrogen) atoms. The second-order valence-corrected chi connectivity index (χ2v) is 4.91. The average molecular weight is 321 g/mol. The number of hydrogen-bond donors (Lipinski definition) is 2. The van der Waals surface area contributed by atoms with Gasteiger partial charge >= 0.3 is 12.6 Å². The Morgan fingerprint density at radius 3 is 2.70 bits per heavy atom. The lowest BCUT2D eigenvalue weighted by molar-refractivity contribution is -0.0502. The summed E-state index contributed by atoms with van der Waals surface area (Å²) in [4.78, 5) is 16.0. The lowest BCUT2D eigenvalue weighted by Gasteiger charge is -2.16. The van der Waals surface area contributed by atoms with E-state index >= 15 is 0 Å². The molecule has 2 amide bonds. The fraction of sp³-hybridized carbons (Fsp3) is 0.250. The van der Waals surface area contributed by atoms with Crippen LogP contribution in [0.1, 0.15) is 24.1 Å². The first-order chi connectivity index (χ1) is 11.0. The fourth-order valence-corrected chi connectivity index (χ4v) is 2.04. The number of anilines is 1. The lowest BCUT2D eigenvalue weighted by Crippen LogP contribution is -2.31. The van der Waals surface area contributed by atoms with Gasteiger partial charge in [-0.25, -0.2) is 4.79 Å². The third kappa shape index (κ3) is 4.64. The van der Waals surface area contributed by atoms with Gasteiger partial charge in [0.2, 0.25) is 0 Å². The number of amides is 2. The molecule has 2 rings (SSSR count). The minimum Gasteiger partial charge on any atom is -0.434 e. The van der Waals surface area contributed by atoms with E-state index in [-0.39, 0.29) is 11.8 Å². The summed E-state index contributed by atoms with van der Waals surface area (Å²) in [6, 6.07) is 7.50. The molecule has 7 heteroatoms. The van der Waals surface area contributed by atoms with Crippen LogP contribution in [0.15, 0.2) is 42.7 Å². The summed E-state index contributed by atoms with van der Waals surface area (Å²) < 4.78 is 29.1. The summed E-state index contributed by atoms with van der Waals surface area (Å²) >= 11 is 0. The van der Waals surface area contributed by atoms with Crippen LogP contribution in [0.3, 0.4) is 0 Å². The van der Waals surface area contributed by atoms with Crippen LogP contribution in [0.4, 0.5) is 19.3 Å². The molecule has 0 aliphatic carbocycles. The zero-order chi connectivity index (χ0) is 16.8. The third-order valence-electron chi connectivity index (χ3n) is 3.28.